The van der Waals surface area contributed by atoms with Crippen LogP contribution in [0.25, 0.3) is 5.65 Å². The number of rotatable bonds is 6. The number of carbonyl (C=O) groups is 1. The second-order valence-corrected chi connectivity index (χ2v) is 9.49. The predicted octanol–water partition coefficient (Wildman–Crippen LogP) is 5.09. The maximum absolute atomic E-state index is 13.0. The Labute approximate surface area is 198 Å². The normalized spacial score (nSPS) is 20.4. The third-order valence-electron chi connectivity index (χ3n) is 5.60. The standard InChI is InChI=1S/C25H29ClN2O5/c1-15-22(26)28-12-11-17-19(31-14-13-30-5)21(33-24(29)25(2,3)4)18(16-9-7-6-8-10-16)32-20(17)23(28)27-15/h6-12,18-19,21H,13-14H2,1-5H3/t18-,19-,21+/m1/s1. The van der Waals surface area contributed by atoms with Gasteiger partial charge in [-0.15, -0.1) is 0 Å². The zero-order valence-electron chi connectivity index (χ0n) is 19.5. The van der Waals surface area contributed by atoms with Crippen LogP contribution in [0, 0.1) is 12.3 Å². The van der Waals surface area contributed by atoms with E-state index in [1.807, 2.05) is 70.3 Å². The fraction of sp³-hybridized carbons (Fsp3) is 0.440. The van der Waals surface area contributed by atoms with Crippen molar-refractivity contribution in [3.05, 3.63) is 64.6 Å². The second kappa shape index (κ2) is 9.33. The number of fused-ring (bicyclic) bond motifs is 3. The molecule has 1 aliphatic heterocycles. The van der Waals surface area contributed by atoms with Gasteiger partial charge in [0.25, 0.3) is 0 Å². The number of carbonyl (C=O) groups excluding carboxylic acids is 1. The van der Waals surface area contributed by atoms with Crippen LogP contribution in [0.2, 0.25) is 5.15 Å². The Morgan fingerprint density at radius 3 is 2.58 bits per heavy atom. The van der Waals surface area contributed by atoms with Gasteiger partial charge >= 0.3 is 5.97 Å². The molecular formula is C25H29ClN2O5. The molecule has 0 N–H and O–H groups in total. The van der Waals surface area contributed by atoms with Crippen LogP contribution in [-0.2, 0) is 19.0 Å². The molecule has 7 nitrogen and oxygen atoms in total. The van der Waals surface area contributed by atoms with Crippen molar-refractivity contribution in [1.82, 2.24) is 9.38 Å². The van der Waals surface area contributed by atoms with Crippen LogP contribution < -0.4 is 4.74 Å². The van der Waals surface area contributed by atoms with Gasteiger partial charge in [0.05, 0.1) is 24.3 Å². The third-order valence-corrected chi connectivity index (χ3v) is 6.05. The van der Waals surface area contributed by atoms with Gasteiger partial charge in [-0.05, 0) is 39.3 Å². The van der Waals surface area contributed by atoms with E-state index < -0.39 is 23.7 Å². The summed E-state index contributed by atoms with van der Waals surface area (Å²) >= 11 is 6.45. The summed E-state index contributed by atoms with van der Waals surface area (Å²) in [5.74, 6) is 0.230. The van der Waals surface area contributed by atoms with Crippen LogP contribution in [0.15, 0.2) is 42.6 Å². The molecule has 0 spiro atoms. The van der Waals surface area contributed by atoms with Gasteiger partial charge in [0, 0.05) is 18.9 Å². The number of hydrogen-bond donors (Lipinski definition) is 0. The highest BCUT2D eigenvalue weighted by Crippen LogP contribution is 2.47. The Hall–Kier alpha value is -2.61. The van der Waals surface area contributed by atoms with Crippen LogP contribution >= 0.6 is 11.6 Å². The molecule has 0 saturated heterocycles. The van der Waals surface area contributed by atoms with Crippen molar-refractivity contribution in [3.8, 4) is 5.75 Å². The SMILES string of the molecule is COCCO[C@@H]1c2ccn3c(Cl)c(C)nc3c2O[C@H](c2ccccc2)[C@@H]1OC(=O)C(C)(C)C. The summed E-state index contributed by atoms with van der Waals surface area (Å²) in [5, 5.41) is 0.519. The van der Waals surface area contributed by atoms with E-state index in [1.165, 1.54) is 0 Å². The molecule has 0 aliphatic carbocycles. The van der Waals surface area contributed by atoms with Crippen molar-refractivity contribution >= 4 is 23.2 Å². The second-order valence-electron chi connectivity index (χ2n) is 9.14. The number of aromatic nitrogens is 2. The first kappa shape index (κ1) is 23.5. The molecule has 3 aromatic rings. The fourth-order valence-electron chi connectivity index (χ4n) is 3.82. The van der Waals surface area contributed by atoms with Crippen molar-refractivity contribution in [2.75, 3.05) is 20.3 Å². The molecule has 2 aromatic heterocycles. The monoisotopic (exact) mass is 472 g/mol. The van der Waals surface area contributed by atoms with Gasteiger partial charge in [-0.25, -0.2) is 4.98 Å². The summed E-state index contributed by atoms with van der Waals surface area (Å²) in [6.45, 7) is 8.04. The van der Waals surface area contributed by atoms with E-state index in [0.29, 0.717) is 35.5 Å². The molecule has 0 fully saturated rings. The first-order chi connectivity index (χ1) is 15.7. The molecule has 33 heavy (non-hydrogen) atoms. The number of pyridine rings is 1. The van der Waals surface area contributed by atoms with Crippen LogP contribution in [0.3, 0.4) is 0 Å². The Morgan fingerprint density at radius 2 is 1.91 bits per heavy atom. The molecule has 1 aliphatic rings. The van der Waals surface area contributed by atoms with Crippen molar-refractivity contribution in [2.45, 2.75) is 46.0 Å². The number of ether oxygens (including phenoxy) is 4. The average molecular weight is 473 g/mol. The maximum Gasteiger partial charge on any atom is 0.311 e. The summed E-state index contributed by atoms with van der Waals surface area (Å²) in [6.07, 6.45) is -0.0592. The molecule has 0 bridgehead atoms. The first-order valence-electron chi connectivity index (χ1n) is 10.9. The molecule has 0 radical (unpaired) electrons. The van der Waals surface area contributed by atoms with Crippen molar-refractivity contribution in [1.29, 1.82) is 0 Å². The lowest BCUT2D eigenvalue weighted by molar-refractivity contribution is -0.181. The third kappa shape index (κ3) is 4.58. The van der Waals surface area contributed by atoms with Gasteiger partial charge < -0.3 is 18.9 Å². The van der Waals surface area contributed by atoms with E-state index in [0.717, 1.165) is 11.1 Å². The highest BCUT2D eigenvalue weighted by molar-refractivity contribution is 6.30. The predicted molar refractivity (Wildman–Crippen MR) is 125 cm³/mol. The van der Waals surface area contributed by atoms with E-state index in [-0.39, 0.29) is 5.97 Å². The number of benzene rings is 1. The number of nitrogens with zero attached hydrogens (tertiary/aromatic N) is 2. The number of esters is 1. The lowest BCUT2D eigenvalue weighted by Gasteiger charge is -2.39. The Kier molecular flexibility index (Phi) is 6.66. The molecule has 3 heterocycles. The molecular weight excluding hydrogens is 444 g/mol. The zero-order valence-corrected chi connectivity index (χ0v) is 20.3. The Balaban J connectivity index is 1.87. The fourth-order valence-corrected chi connectivity index (χ4v) is 4.00. The topological polar surface area (TPSA) is 71.3 Å². The summed E-state index contributed by atoms with van der Waals surface area (Å²) < 4.78 is 25.9. The quantitative estimate of drug-likeness (QED) is 0.367. The minimum atomic E-state index is -0.711. The van der Waals surface area contributed by atoms with Crippen LogP contribution in [-0.4, -0.2) is 41.8 Å². The van der Waals surface area contributed by atoms with Crippen molar-refractivity contribution in [2.24, 2.45) is 5.41 Å². The van der Waals surface area contributed by atoms with E-state index >= 15 is 0 Å². The summed E-state index contributed by atoms with van der Waals surface area (Å²) in [7, 11) is 1.62. The molecule has 0 amide bonds. The molecule has 3 atom stereocenters. The van der Waals surface area contributed by atoms with E-state index in [4.69, 9.17) is 30.5 Å². The van der Waals surface area contributed by atoms with Crippen molar-refractivity contribution < 1.29 is 23.7 Å². The van der Waals surface area contributed by atoms with Gasteiger partial charge in [0.15, 0.2) is 23.6 Å². The minimum absolute atomic E-state index is 0.324. The lowest BCUT2D eigenvalue weighted by atomic mass is 9.91. The largest absolute Gasteiger partial charge is 0.477 e. The van der Waals surface area contributed by atoms with E-state index in [1.54, 1.807) is 11.5 Å². The van der Waals surface area contributed by atoms with Gasteiger partial charge in [-0.1, -0.05) is 41.9 Å². The number of methoxy groups -OCH3 is 1. The maximum atomic E-state index is 13.0. The van der Waals surface area contributed by atoms with E-state index in [2.05, 4.69) is 4.98 Å². The van der Waals surface area contributed by atoms with Gasteiger partial charge in [0.1, 0.15) is 11.3 Å². The number of imidazole rings is 1. The highest BCUT2D eigenvalue weighted by Gasteiger charge is 2.45. The van der Waals surface area contributed by atoms with Gasteiger partial charge in [-0.2, -0.15) is 0 Å². The summed E-state index contributed by atoms with van der Waals surface area (Å²) in [6, 6.07) is 11.6. The smallest absolute Gasteiger partial charge is 0.311 e. The minimum Gasteiger partial charge on any atom is -0.477 e. The molecule has 4 rings (SSSR count). The number of hydrogen-bond acceptors (Lipinski definition) is 6. The Morgan fingerprint density at radius 1 is 1.18 bits per heavy atom. The molecule has 176 valence electrons. The summed E-state index contributed by atoms with van der Waals surface area (Å²) in [4.78, 5) is 17.6. The molecule has 0 unspecified atom stereocenters. The molecule has 0 saturated carbocycles. The lowest BCUT2D eigenvalue weighted by Crippen LogP contribution is -2.42. The van der Waals surface area contributed by atoms with Crippen LogP contribution in [0.5, 0.6) is 5.75 Å². The van der Waals surface area contributed by atoms with Gasteiger partial charge in [0.2, 0.25) is 0 Å². The van der Waals surface area contributed by atoms with Crippen LogP contribution in [0.1, 0.15) is 49.8 Å². The van der Waals surface area contributed by atoms with Gasteiger partial charge in [-0.3, -0.25) is 9.20 Å². The van der Waals surface area contributed by atoms with Crippen LogP contribution in [0.4, 0.5) is 0 Å². The highest BCUT2D eigenvalue weighted by atomic mass is 35.5. The molecule has 1 aromatic carbocycles. The number of halogens is 1. The molecule has 8 heteroatoms. The zero-order chi connectivity index (χ0) is 23.8. The Bertz CT molecular complexity index is 1140. The van der Waals surface area contributed by atoms with Crippen molar-refractivity contribution in [3.63, 3.8) is 0 Å². The average Bonchev–Trinajstić information content (AvgIpc) is 3.08. The first-order valence-corrected chi connectivity index (χ1v) is 11.3. The summed E-state index contributed by atoms with van der Waals surface area (Å²) in [5.41, 5.74) is 2.22. The van der Waals surface area contributed by atoms with E-state index in [9.17, 15) is 4.79 Å². The number of aryl methyl sites for hydroxylation is 1.